The van der Waals surface area contributed by atoms with E-state index in [1.807, 2.05) is 12.2 Å². The molecule has 6 heteroatoms. The molecule has 0 heterocycles. The maximum absolute atomic E-state index is 10.3. The molecule has 0 bridgehead atoms. The fraction of sp³-hybridized carbons (Fsp3) is 0.438. The van der Waals surface area contributed by atoms with Gasteiger partial charge in [-0.25, -0.2) is 0 Å². The van der Waals surface area contributed by atoms with Crippen molar-refractivity contribution in [2.24, 2.45) is 0 Å². The van der Waals surface area contributed by atoms with Crippen molar-refractivity contribution in [2.75, 3.05) is 0 Å². The molecule has 0 fully saturated rings. The third-order valence-electron chi connectivity index (χ3n) is 2.59. The molecule has 0 aromatic carbocycles. The van der Waals surface area contributed by atoms with Gasteiger partial charge in [-0.2, -0.15) is 0 Å². The average molecular weight is 436 g/mol. The van der Waals surface area contributed by atoms with Crippen LogP contribution in [0.4, 0.5) is 0 Å². The van der Waals surface area contributed by atoms with E-state index in [-0.39, 0.29) is 6.42 Å². The molecule has 0 aliphatic carbocycles. The Labute approximate surface area is 147 Å². The van der Waals surface area contributed by atoms with Gasteiger partial charge in [-0.3, -0.25) is 4.79 Å². The first-order chi connectivity index (χ1) is 10.5. The SMILES string of the molecule is O=C(O)CCCC#C/C=C/[C@@H](O)[C@@H](O)CC/C=C(Br)\C=C/Br. The van der Waals surface area contributed by atoms with E-state index in [0.29, 0.717) is 25.7 Å². The van der Waals surface area contributed by atoms with Gasteiger partial charge in [0.15, 0.2) is 0 Å². The molecule has 22 heavy (non-hydrogen) atoms. The Morgan fingerprint density at radius 1 is 1.32 bits per heavy atom. The Balaban J connectivity index is 4.01. The van der Waals surface area contributed by atoms with Crippen LogP contribution in [0.25, 0.3) is 0 Å². The summed E-state index contributed by atoms with van der Waals surface area (Å²) in [5, 5.41) is 28.0. The van der Waals surface area contributed by atoms with Crippen LogP contribution in [0.5, 0.6) is 0 Å². The van der Waals surface area contributed by atoms with Crippen LogP contribution in [0.2, 0.25) is 0 Å². The minimum absolute atomic E-state index is 0.104. The molecule has 0 aromatic rings. The highest BCUT2D eigenvalue weighted by Crippen LogP contribution is 2.12. The van der Waals surface area contributed by atoms with Crippen molar-refractivity contribution in [3.05, 3.63) is 33.8 Å². The zero-order valence-electron chi connectivity index (χ0n) is 12.1. The number of hydrogen-bond donors (Lipinski definition) is 3. The summed E-state index contributed by atoms with van der Waals surface area (Å²) in [7, 11) is 0. The predicted octanol–water partition coefficient (Wildman–Crippen LogP) is 3.49. The lowest BCUT2D eigenvalue weighted by atomic mass is 10.1. The number of rotatable bonds is 9. The van der Waals surface area contributed by atoms with Gasteiger partial charge in [0.1, 0.15) is 0 Å². The molecular formula is C16H20Br2O4. The molecule has 0 spiro atoms. The molecular weight excluding hydrogens is 416 g/mol. The molecule has 0 aliphatic heterocycles. The first kappa shape index (κ1) is 21.1. The topological polar surface area (TPSA) is 77.8 Å². The zero-order valence-corrected chi connectivity index (χ0v) is 15.3. The van der Waals surface area contributed by atoms with Crippen LogP contribution in [0.3, 0.4) is 0 Å². The van der Waals surface area contributed by atoms with Gasteiger partial charge >= 0.3 is 5.97 Å². The fourth-order valence-electron chi connectivity index (χ4n) is 1.43. The Morgan fingerprint density at radius 3 is 2.68 bits per heavy atom. The Bertz CT molecular complexity index is 472. The lowest BCUT2D eigenvalue weighted by molar-refractivity contribution is -0.137. The van der Waals surface area contributed by atoms with E-state index in [4.69, 9.17) is 5.11 Å². The van der Waals surface area contributed by atoms with E-state index in [1.54, 1.807) is 4.99 Å². The predicted molar refractivity (Wildman–Crippen MR) is 94.7 cm³/mol. The van der Waals surface area contributed by atoms with Crippen LogP contribution < -0.4 is 0 Å². The van der Waals surface area contributed by atoms with Gasteiger partial charge in [-0.15, -0.1) is 0 Å². The van der Waals surface area contributed by atoms with Crippen molar-refractivity contribution in [1.29, 1.82) is 0 Å². The maximum atomic E-state index is 10.3. The van der Waals surface area contributed by atoms with Crippen LogP contribution in [0.15, 0.2) is 33.8 Å². The summed E-state index contributed by atoms with van der Waals surface area (Å²) < 4.78 is 0.897. The van der Waals surface area contributed by atoms with E-state index in [9.17, 15) is 15.0 Å². The standard InChI is InChI=1S/C16H20Br2O4/c17-12-11-13(18)7-6-9-15(20)14(19)8-4-2-1-3-5-10-16(21)22/h4,7-8,11-12,14-15,19-20H,3,5-6,9-10H2,(H,21,22)/b8-4+,12-11-,13-7+/t14-,15+/m1/s1. The number of aliphatic carboxylic acids is 1. The number of unbranched alkanes of at least 4 members (excludes halogenated alkanes) is 1. The molecule has 0 aliphatic rings. The lowest BCUT2D eigenvalue weighted by Crippen LogP contribution is -2.23. The molecule has 0 radical (unpaired) electrons. The highest BCUT2D eigenvalue weighted by molar-refractivity contribution is 9.12. The summed E-state index contributed by atoms with van der Waals surface area (Å²) in [5.74, 6) is 4.66. The van der Waals surface area contributed by atoms with Gasteiger partial charge in [0.05, 0.1) is 12.2 Å². The molecule has 2 atom stereocenters. The summed E-state index contributed by atoms with van der Waals surface area (Å²) >= 11 is 6.50. The van der Waals surface area contributed by atoms with Gasteiger partial charge in [0.2, 0.25) is 0 Å². The van der Waals surface area contributed by atoms with Crippen LogP contribution in [-0.2, 0) is 4.79 Å². The highest BCUT2D eigenvalue weighted by Gasteiger charge is 2.11. The first-order valence-corrected chi connectivity index (χ1v) is 8.53. The van der Waals surface area contributed by atoms with E-state index in [0.717, 1.165) is 4.48 Å². The summed E-state index contributed by atoms with van der Waals surface area (Å²) in [4.78, 5) is 12.0. The van der Waals surface area contributed by atoms with E-state index in [1.165, 1.54) is 12.2 Å². The molecule has 3 N–H and O–H groups in total. The van der Waals surface area contributed by atoms with Crippen molar-refractivity contribution in [2.45, 2.75) is 44.3 Å². The van der Waals surface area contributed by atoms with E-state index in [2.05, 4.69) is 43.7 Å². The van der Waals surface area contributed by atoms with Gasteiger partial charge in [0, 0.05) is 17.3 Å². The summed E-state index contributed by atoms with van der Waals surface area (Å²) in [5.41, 5.74) is 0. The van der Waals surface area contributed by atoms with Crippen molar-refractivity contribution < 1.29 is 20.1 Å². The van der Waals surface area contributed by atoms with Crippen molar-refractivity contribution in [1.82, 2.24) is 0 Å². The monoisotopic (exact) mass is 434 g/mol. The van der Waals surface area contributed by atoms with Gasteiger partial charge in [0.25, 0.3) is 0 Å². The number of aliphatic hydroxyl groups is 2. The summed E-state index contributed by atoms with van der Waals surface area (Å²) in [6, 6.07) is 0. The third kappa shape index (κ3) is 12.8. The molecule has 0 unspecified atom stereocenters. The van der Waals surface area contributed by atoms with Gasteiger partial charge in [-0.1, -0.05) is 49.8 Å². The van der Waals surface area contributed by atoms with Crippen molar-refractivity contribution in [3.8, 4) is 11.8 Å². The van der Waals surface area contributed by atoms with Crippen LogP contribution in [0.1, 0.15) is 32.1 Å². The minimum Gasteiger partial charge on any atom is -0.481 e. The second-order valence-corrected chi connectivity index (χ2v) is 5.89. The fourth-order valence-corrected chi connectivity index (χ4v) is 2.43. The van der Waals surface area contributed by atoms with Gasteiger partial charge < -0.3 is 15.3 Å². The smallest absolute Gasteiger partial charge is 0.303 e. The van der Waals surface area contributed by atoms with Gasteiger partial charge in [-0.05, 0) is 42.5 Å². The number of carboxylic acids is 1. The number of allylic oxidation sites excluding steroid dienone is 4. The lowest BCUT2D eigenvalue weighted by Gasteiger charge is -2.12. The minimum atomic E-state index is -0.966. The number of carbonyl (C=O) groups is 1. The number of carboxylic acid groups (broad SMARTS) is 1. The number of halogens is 2. The molecule has 0 aromatic heterocycles. The molecule has 4 nitrogen and oxygen atoms in total. The van der Waals surface area contributed by atoms with Crippen LogP contribution in [0, 0.1) is 11.8 Å². The quantitative estimate of drug-likeness (QED) is 0.294. The average Bonchev–Trinajstić information content (AvgIpc) is 2.45. The van der Waals surface area contributed by atoms with E-state index < -0.39 is 18.2 Å². The number of aliphatic hydroxyl groups excluding tert-OH is 2. The van der Waals surface area contributed by atoms with Crippen molar-refractivity contribution in [3.63, 3.8) is 0 Å². The Hall–Kier alpha value is -0.870. The zero-order chi connectivity index (χ0) is 16.8. The van der Waals surface area contributed by atoms with Crippen LogP contribution >= 0.6 is 31.9 Å². The Morgan fingerprint density at radius 2 is 2.05 bits per heavy atom. The molecule has 0 saturated carbocycles. The third-order valence-corrected chi connectivity index (χ3v) is 3.44. The van der Waals surface area contributed by atoms with Crippen LogP contribution in [-0.4, -0.2) is 33.5 Å². The second-order valence-electron chi connectivity index (χ2n) is 4.44. The summed E-state index contributed by atoms with van der Waals surface area (Å²) in [6.45, 7) is 0. The van der Waals surface area contributed by atoms with E-state index >= 15 is 0 Å². The summed E-state index contributed by atoms with van der Waals surface area (Å²) in [6.07, 6.45) is 6.99. The highest BCUT2D eigenvalue weighted by atomic mass is 79.9. The second kappa shape index (κ2) is 13.8. The molecule has 0 saturated heterocycles. The molecule has 122 valence electrons. The largest absolute Gasteiger partial charge is 0.481 e. The molecule has 0 rings (SSSR count). The maximum Gasteiger partial charge on any atom is 0.303 e. The first-order valence-electron chi connectivity index (χ1n) is 6.82. The Kier molecular flexibility index (Phi) is 13.2. The number of hydrogen-bond acceptors (Lipinski definition) is 3. The van der Waals surface area contributed by atoms with Crippen molar-refractivity contribution >= 4 is 37.8 Å². The normalized spacial score (nSPS) is 14.8. The molecule has 0 amide bonds.